The molecule has 2 heterocycles. The molecule has 0 aromatic heterocycles. The number of ether oxygens (including phenoxy) is 2. The Kier molecular flexibility index (Phi) is 5.47. The number of carbonyl (C=O) groups excluding carboxylic acids is 1. The fourth-order valence-corrected chi connectivity index (χ4v) is 5.17. The lowest BCUT2D eigenvalue weighted by Crippen LogP contribution is -2.45. The second-order valence-corrected chi connectivity index (χ2v) is 8.79. The molecule has 0 N–H and O–H groups in total. The van der Waals surface area contributed by atoms with Crippen LogP contribution in [0.4, 0.5) is 0 Å². The quantitative estimate of drug-likeness (QED) is 0.714. The molecule has 3 fully saturated rings. The van der Waals surface area contributed by atoms with Crippen LogP contribution >= 0.6 is 0 Å². The van der Waals surface area contributed by atoms with Crippen LogP contribution in [0.2, 0.25) is 0 Å². The molecule has 4 aliphatic rings. The lowest BCUT2D eigenvalue weighted by molar-refractivity contribution is -0.137. The van der Waals surface area contributed by atoms with Crippen LogP contribution in [0.3, 0.4) is 0 Å². The van der Waals surface area contributed by atoms with Crippen molar-refractivity contribution in [3.63, 3.8) is 0 Å². The summed E-state index contributed by atoms with van der Waals surface area (Å²) in [5.41, 5.74) is 0.298. The number of hydrogen-bond donors (Lipinski definition) is 0. The van der Waals surface area contributed by atoms with Gasteiger partial charge in [0.15, 0.2) is 0 Å². The van der Waals surface area contributed by atoms with Crippen LogP contribution in [0.5, 0.6) is 0 Å². The SMILES string of the molecule is O=C(C1CC=CC1)N1CCC2(CC1)CO[C@H](COCC1CCCC1)C2. The molecular weight excluding hydrogens is 314 g/mol. The fourth-order valence-electron chi connectivity index (χ4n) is 5.17. The van der Waals surface area contributed by atoms with Crippen LogP contribution in [-0.2, 0) is 14.3 Å². The van der Waals surface area contributed by atoms with Gasteiger partial charge in [-0.3, -0.25) is 4.79 Å². The van der Waals surface area contributed by atoms with Crippen LogP contribution in [0, 0.1) is 17.3 Å². The molecule has 1 amide bonds. The highest BCUT2D eigenvalue weighted by Crippen LogP contribution is 2.42. The maximum atomic E-state index is 12.6. The van der Waals surface area contributed by atoms with Gasteiger partial charge in [-0.25, -0.2) is 0 Å². The first kappa shape index (κ1) is 17.5. The largest absolute Gasteiger partial charge is 0.378 e. The third-order valence-corrected chi connectivity index (χ3v) is 6.91. The van der Waals surface area contributed by atoms with E-state index in [4.69, 9.17) is 9.47 Å². The minimum Gasteiger partial charge on any atom is -0.378 e. The van der Waals surface area contributed by atoms with Gasteiger partial charge in [-0.1, -0.05) is 25.0 Å². The van der Waals surface area contributed by atoms with Gasteiger partial charge in [-0.2, -0.15) is 0 Å². The molecule has 0 aromatic rings. The summed E-state index contributed by atoms with van der Waals surface area (Å²) in [7, 11) is 0. The van der Waals surface area contributed by atoms with Crippen molar-refractivity contribution in [1.29, 1.82) is 0 Å². The van der Waals surface area contributed by atoms with E-state index in [1.165, 1.54) is 25.7 Å². The van der Waals surface area contributed by atoms with Gasteiger partial charge >= 0.3 is 0 Å². The van der Waals surface area contributed by atoms with Crippen molar-refractivity contribution in [2.45, 2.75) is 63.9 Å². The Labute approximate surface area is 151 Å². The molecule has 2 aliphatic carbocycles. The van der Waals surface area contributed by atoms with Crippen LogP contribution in [0.25, 0.3) is 0 Å². The summed E-state index contributed by atoms with van der Waals surface area (Å²) in [5.74, 6) is 1.37. The zero-order valence-corrected chi connectivity index (χ0v) is 15.5. The molecule has 0 unspecified atom stereocenters. The number of allylic oxidation sites excluding steroid dienone is 2. The van der Waals surface area contributed by atoms with Crippen molar-refractivity contribution in [1.82, 2.24) is 4.90 Å². The predicted octanol–water partition coefficient (Wildman–Crippen LogP) is 3.56. The number of amides is 1. The standard InChI is InChI=1S/C21H33NO3/c23-20(18-7-3-4-8-18)22-11-9-21(10-12-22)13-19(25-16-21)15-24-14-17-5-1-2-6-17/h3-4,17-19H,1-2,5-16H2/t19-/m0/s1. The Hall–Kier alpha value is -0.870. The van der Waals surface area contributed by atoms with Gasteiger partial charge in [0.25, 0.3) is 0 Å². The van der Waals surface area contributed by atoms with Gasteiger partial charge in [-0.05, 0) is 56.3 Å². The van der Waals surface area contributed by atoms with Gasteiger partial charge in [-0.15, -0.1) is 0 Å². The Balaban J connectivity index is 1.18. The molecule has 2 saturated heterocycles. The molecule has 0 bridgehead atoms. The van der Waals surface area contributed by atoms with E-state index >= 15 is 0 Å². The topological polar surface area (TPSA) is 38.8 Å². The summed E-state index contributed by atoms with van der Waals surface area (Å²) >= 11 is 0. The Morgan fingerprint density at radius 2 is 1.84 bits per heavy atom. The van der Waals surface area contributed by atoms with Crippen molar-refractivity contribution in [2.75, 3.05) is 32.9 Å². The second-order valence-electron chi connectivity index (χ2n) is 8.79. The first-order valence-electron chi connectivity index (χ1n) is 10.4. The highest BCUT2D eigenvalue weighted by Gasteiger charge is 2.43. The van der Waals surface area contributed by atoms with E-state index in [1.807, 2.05) is 0 Å². The maximum Gasteiger partial charge on any atom is 0.226 e. The number of carbonyl (C=O) groups is 1. The molecule has 1 atom stereocenters. The third-order valence-electron chi connectivity index (χ3n) is 6.91. The summed E-state index contributed by atoms with van der Waals surface area (Å²) in [4.78, 5) is 14.7. The van der Waals surface area contributed by atoms with E-state index in [-0.39, 0.29) is 12.0 Å². The maximum absolute atomic E-state index is 12.6. The van der Waals surface area contributed by atoms with E-state index in [1.54, 1.807) is 0 Å². The van der Waals surface area contributed by atoms with Crippen LogP contribution in [-0.4, -0.2) is 49.8 Å². The highest BCUT2D eigenvalue weighted by atomic mass is 16.5. The van der Waals surface area contributed by atoms with Crippen LogP contribution in [0.15, 0.2) is 12.2 Å². The van der Waals surface area contributed by atoms with Gasteiger partial charge in [0.1, 0.15) is 0 Å². The Morgan fingerprint density at radius 1 is 1.12 bits per heavy atom. The molecule has 2 aliphatic heterocycles. The predicted molar refractivity (Wildman–Crippen MR) is 97.2 cm³/mol. The van der Waals surface area contributed by atoms with E-state index in [2.05, 4.69) is 17.1 Å². The summed E-state index contributed by atoms with van der Waals surface area (Å²) in [5, 5.41) is 0. The lowest BCUT2D eigenvalue weighted by Gasteiger charge is -2.39. The van der Waals surface area contributed by atoms with Gasteiger partial charge in [0.2, 0.25) is 5.91 Å². The summed E-state index contributed by atoms with van der Waals surface area (Å²) < 4.78 is 12.0. The molecule has 0 aromatic carbocycles. The lowest BCUT2D eigenvalue weighted by atomic mass is 9.76. The smallest absolute Gasteiger partial charge is 0.226 e. The molecule has 0 radical (unpaired) electrons. The zero-order chi connectivity index (χ0) is 17.1. The molecular formula is C21H33NO3. The molecule has 1 spiro atoms. The second kappa shape index (κ2) is 7.79. The number of rotatable bonds is 5. The Bertz CT molecular complexity index is 481. The van der Waals surface area contributed by atoms with Crippen molar-refractivity contribution in [3.8, 4) is 0 Å². The van der Waals surface area contributed by atoms with E-state index < -0.39 is 0 Å². The van der Waals surface area contributed by atoms with E-state index in [0.29, 0.717) is 11.3 Å². The zero-order valence-electron chi connectivity index (χ0n) is 15.5. The van der Waals surface area contributed by atoms with Crippen molar-refractivity contribution >= 4 is 5.91 Å². The number of hydrogen-bond acceptors (Lipinski definition) is 3. The molecule has 4 heteroatoms. The molecule has 25 heavy (non-hydrogen) atoms. The molecule has 140 valence electrons. The average molecular weight is 347 g/mol. The van der Waals surface area contributed by atoms with Crippen molar-refractivity contribution in [3.05, 3.63) is 12.2 Å². The van der Waals surface area contributed by atoms with Gasteiger partial charge < -0.3 is 14.4 Å². The minimum absolute atomic E-state index is 0.214. The minimum atomic E-state index is 0.214. The Morgan fingerprint density at radius 3 is 2.56 bits per heavy atom. The number of nitrogens with zero attached hydrogens (tertiary/aromatic N) is 1. The molecule has 4 nitrogen and oxygen atoms in total. The normalized spacial score (nSPS) is 29.9. The summed E-state index contributed by atoms with van der Waals surface area (Å²) in [6, 6.07) is 0. The summed E-state index contributed by atoms with van der Waals surface area (Å²) in [6.07, 6.45) is 15.2. The fraction of sp³-hybridized carbons (Fsp3) is 0.857. The third kappa shape index (κ3) is 4.11. The van der Waals surface area contributed by atoms with E-state index in [0.717, 1.165) is 70.9 Å². The average Bonchev–Trinajstić information content (AvgIpc) is 3.38. The summed E-state index contributed by atoms with van der Waals surface area (Å²) in [6.45, 7) is 4.36. The highest BCUT2D eigenvalue weighted by molar-refractivity contribution is 5.79. The van der Waals surface area contributed by atoms with Crippen LogP contribution in [0.1, 0.15) is 57.8 Å². The molecule has 4 rings (SSSR count). The number of piperidine rings is 1. The van der Waals surface area contributed by atoms with Crippen molar-refractivity contribution in [2.24, 2.45) is 17.3 Å². The van der Waals surface area contributed by atoms with E-state index in [9.17, 15) is 4.79 Å². The van der Waals surface area contributed by atoms with Gasteiger partial charge in [0, 0.05) is 25.6 Å². The molecule has 1 saturated carbocycles. The first-order valence-corrected chi connectivity index (χ1v) is 10.4. The first-order chi connectivity index (χ1) is 12.2. The monoisotopic (exact) mass is 347 g/mol. The van der Waals surface area contributed by atoms with Crippen molar-refractivity contribution < 1.29 is 14.3 Å². The van der Waals surface area contributed by atoms with Gasteiger partial charge in [0.05, 0.1) is 19.3 Å². The van der Waals surface area contributed by atoms with Crippen LogP contribution < -0.4 is 0 Å². The number of likely N-dealkylation sites (tertiary alicyclic amines) is 1.